The smallest absolute Gasteiger partial charge is 0.238 e. The summed E-state index contributed by atoms with van der Waals surface area (Å²) in [7, 11) is 0. The SMILES string of the molecule is NCC1CN(CC(=O)Nc2cc(F)cc(F)c2)CCO1. The van der Waals surface area contributed by atoms with Gasteiger partial charge in [-0.25, -0.2) is 8.78 Å². The topological polar surface area (TPSA) is 67.6 Å². The average molecular weight is 285 g/mol. The van der Waals surface area contributed by atoms with Gasteiger partial charge in [0.1, 0.15) is 11.6 Å². The number of nitrogens with one attached hydrogen (secondary N) is 1. The van der Waals surface area contributed by atoms with E-state index in [9.17, 15) is 13.6 Å². The summed E-state index contributed by atoms with van der Waals surface area (Å²) in [6, 6.07) is 2.90. The Hall–Kier alpha value is -1.57. The molecule has 1 heterocycles. The maximum Gasteiger partial charge on any atom is 0.238 e. The number of nitrogens with zero attached hydrogens (tertiary/aromatic N) is 1. The molecule has 0 radical (unpaired) electrons. The van der Waals surface area contributed by atoms with Crippen LogP contribution in [0.5, 0.6) is 0 Å². The molecule has 20 heavy (non-hydrogen) atoms. The number of amides is 1. The summed E-state index contributed by atoms with van der Waals surface area (Å²) in [6.45, 7) is 2.25. The van der Waals surface area contributed by atoms with Crippen molar-refractivity contribution < 1.29 is 18.3 Å². The largest absolute Gasteiger partial charge is 0.374 e. The molecule has 1 aliphatic rings. The lowest BCUT2D eigenvalue weighted by Crippen LogP contribution is -2.48. The molecule has 5 nitrogen and oxygen atoms in total. The number of hydrogen-bond donors (Lipinski definition) is 2. The highest BCUT2D eigenvalue weighted by molar-refractivity contribution is 5.92. The van der Waals surface area contributed by atoms with Gasteiger partial charge in [-0.3, -0.25) is 9.69 Å². The maximum absolute atomic E-state index is 13.0. The Morgan fingerprint density at radius 3 is 2.75 bits per heavy atom. The third-order valence-electron chi connectivity index (χ3n) is 3.00. The van der Waals surface area contributed by atoms with Crippen LogP contribution in [0.1, 0.15) is 0 Å². The van der Waals surface area contributed by atoms with Crippen molar-refractivity contribution in [2.45, 2.75) is 6.10 Å². The first-order valence-corrected chi connectivity index (χ1v) is 6.37. The predicted octanol–water partition coefficient (Wildman–Crippen LogP) is 0.563. The molecule has 1 amide bonds. The van der Waals surface area contributed by atoms with E-state index in [2.05, 4.69) is 5.32 Å². The number of rotatable bonds is 4. The van der Waals surface area contributed by atoms with Gasteiger partial charge < -0.3 is 15.8 Å². The van der Waals surface area contributed by atoms with Crippen molar-refractivity contribution in [3.8, 4) is 0 Å². The number of nitrogens with two attached hydrogens (primary N) is 1. The highest BCUT2D eigenvalue weighted by atomic mass is 19.1. The standard InChI is InChI=1S/C13H17F2N3O2/c14-9-3-10(15)5-11(4-9)17-13(19)8-18-1-2-20-12(6-16)7-18/h3-5,12H,1-2,6-8,16H2,(H,17,19). The average Bonchev–Trinajstić information content (AvgIpc) is 2.37. The summed E-state index contributed by atoms with van der Waals surface area (Å²) in [5.74, 6) is -1.78. The minimum absolute atomic E-state index is 0.0804. The Kier molecular flexibility index (Phi) is 4.99. The van der Waals surface area contributed by atoms with E-state index in [1.165, 1.54) is 0 Å². The molecule has 1 aliphatic heterocycles. The molecule has 3 N–H and O–H groups in total. The van der Waals surface area contributed by atoms with Crippen LogP contribution in [0, 0.1) is 11.6 Å². The summed E-state index contributed by atoms with van der Waals surface area (Å²) in [4.78, 5) is 13.7. The quantitative estimate of drug-likeness (QED) is 0.848. The van der Waals surface area contributed by atoms with Gasteiger partial charge in [0.25, 0.3) is 0 Å². The maximum atomic E-state index is 13.0. The van der Waals surface area contributed by atoms with E-state index in [-0.39, 0.29) is 24.2 Å². The van der Waals surface area contributed by atoms with Gasteiger partial charge in [-0.05, 0) is 12.1 Å². The molecule has 1 aromatic rings. The van der Waals surface area contributed by atoms with Crippen molar-refractivity contribution in [3.63, 3.8) is 0 Å². The summed E-state index contributed by atoms with van der Waals surface area (Å²) in [6.07, 6.45) is -0.0804. The number of anilines is 1. The summed E-state index contributed by atoms with van der Waals surface area (Å²) < 4.78 is 31.4. The van der Waals surface area contributed by atoms with E-state index < -0.39 is 11.6 Å². The van der Waals surface area contributed by atoms with Gasteiger partial charge in [-0.1, -0.05) is 0 Å². The number of carbonyl (C=O) groups excluding carboxylic acids is 1. The Morgan fingerprint density at radius 2 is 2.10 bits per heavy atom. The third kappa shape index (κ3) is 4.22. The molecular formula is C13H17F2N3O2. The monoisotopic (exact) mass is 285 g/mol. The Labute approximate surface area is 115 Å². The normalized spacial score (nSPS) is 19.9. The van der Waals surface area contributed by atoms with Gasteiger partial charge in [0.2, 0.25) is 5.91 Å². The lowest BCUT2D eigenvalue weighted by molar-refractivity contribution is -0.119. The summed E-state index contributed by atoms with van der Waals surface area (Å²) >= 11 is 0. The van der Waals surface area contributed by atoms with Crippen LogP contribution >= 0.6 is 0 Å². The van der Waals surface area contributed by atoms with Crippen molar-refractivity contribution in [2.24, 2.45) is 5.73 Å². The molecule has 0 aromatic heterocycles. The van der Waals surface area contributed by atoms with Crippen LogP contribution in [-0.4, -0.2) is 49.7 Å². The van der Waals surface area contributed by atoms with Crippen LogP contribution in [0.2, 0.25) is 0 Å². The van der Waals surface area contributed by atoms with Gasteiger partial charge in [0, 0.05) is 31.4 Å². The van der Waals surface area contributed by atoms with E-state index in [1.54, 1.807) is 0 Å². The molecule has 1 saturated heterocycles. The van der Waals surface area contributed by atoms with Crippen LogP contribution in [0.4, 0.5) is 14.5 Å². The highest BCUT2D eigenvalue weighted by Crippen LogP contribution is 2.13. The number of halogens is 2. The fraction of sp³-hybridized carbons (Fsp3) is 0.462. The summed E-state index contributed by atoms with van der Waals surface area (Å²) in [5, 5.41) is 2.47. The van der Waals surface area contributed by atoms with E-state index in [0.29, 0.717) is 26.2 Å². The molecule has 1 fully saturated rings. The molecule has 1 aromatic carbocycles. The highest BCUT2D eigenvalue weighted by Gasteiger charge is 2.21. The molecule has 2 rings (SSSR count). The molecule has 110 valence electrons. The summed E-state index contributed by atoms with van der Waals surface area (Å²) in [5.41, 5.74) is 5.63. The molecular weight excluding hydrogens is 268 g/mol. The first-order chi connectivity index (χ1) is 9.56. The molecule has 0 aliphatic carbocycles. The van der Waals surface area contributed by atoms with Gasteiger partial charge in [0.15, 0.2) is 0 Å². The zero-order valence-electron chi connectivity index (χ0n) is 10.9. The second kappa shape index (κ2) is 6.74. The lowest BCUT2D eigenvalue weighted by atomic mass is 10.2. The third-order valence-corrected chi connectivity index (χ3v) is 3.00. The number of morpholine rings is 1. The first-order valence-electron chi connectivity index (χ1n) is 6.37. The van der Waals surface area contributed by atoms with Crippen LogP contribution in [0.25, 0.3) is 0 Å². The van der Waals surface area contributed by atoms with Crippen LogP contribution in [0.3, 0.4) is 0 Å². The molecule has 1 atom stereocenters. The second-order valence-electron chi connectivity index (χ2n) is 4.67. The minimum Gasteiger partial charge on any atom is -0.374 e. The fourth-order valence-electron chi connectivity index (χ4n) is 2.10. The fourth-order valence-corrected chi connectivity index (χ4v) is 2.10. The number of hydrogen-bond acceptors (Lipinski definition) is 4. The van der Waals surface area contributed by atoms with E-state index in [4.69, 9.17) is 10.5 Å². The van der Waals surface area contributed by atoms with Gasteiger partial charge in [0.05, 0.1) is 19.3 Å². The van der Waals surface area contributed by atoms with Gasteiger partial charge in [-0.2, -0.15) is 0 Å². The zero-order valence-corrected chi connectivity index (χ0v) is 10.9. The molecule has 0 saturated carbocycles. The van der Waals surface area contributed by atoms with E-state index in [0.717, 1.165) is 18.2 Å². The molecule has 7 heteroatoms. The van der Waals surface area contributed by atoms with Crippen LogP contribution in [0.15, 0.2) is 18.2 Å². The molecule has 1 unspecified atom stereocenters. The lowest BCUT2D eigenvalue weighted by Gasteiger charge is -2.31. The number of ether oxygens (including phenoxy) is 1. The van der Waals surface area contributed by atoms with Gasteiger partial charge >= 0.3 is 0 Å². The Bertz CT molecular complexity index is 464. The van der Waals surface area contributed by atoms with Crippen molar-refractivity contribution >= 4 is 11.6 Å². The predicted molar refractivity (Wildman–Crippen MR) is 70.2 cm³/mol. The molecule has 0 spiro atoms. The first kappa shape index (κ1) is 14.8. The minimum atomic E-state index is -0.727. The van der Waals surface area contributed by atoms with Crippen molar-refractivity contribution in [3.05, 3.63) is 29.8 Å². The number of carbonyl (C=O) groups is 1. The van der Waals surface area contributed by atoms with E-state index >= 15 is 0 Å². The van der Waals surface area contributed by atoms with Crippen LogP contribution < -0.4 is 11.1 Å². The molecule has 0 bridgehead atoms. The zero-order chi connectivity index (χ0) is 14.5. The van der Waals surface area contributed by atoms with Crippen molar-refractivity contribution in [1.82, 2.24) is 4.90 Å². The van der Waals surface area contributed by atoms with Crippen molar-refractivity contribution in [2.75, 3.05) is 38.1 Å². The van der Waals surface area contributed by atoms with E-state index in [1.807, 2.05) is 4.90 Å². The Morgan fingerprint density at radius 1 is 1.40 bits per heavy atom. The second-order valence-corrected chi connectivity index (χ2v) is 4.67. The number of benzene rings is 1. The Balaban J connectivity index is 1.88. The van der Waals surface area contributed by atoms with Crippen LogP contribution in [-0.2, 0) is 9.53 Å². The van der Waals surface area contributed by atoms with Crippen molar-refractivity contribution in [1.29, 1.82) is 0 Å². The van der Waals surface area contributed by atoms with Gasteiger partial charge in [-0.15, -0.1) is 0 Å².